The Hall–Kier alpha value is -2.70. The molecular formula is C19H23NO6. The van der Waals surface area contributed by atoms with Gasteiger partial charge in [-0.1, -0.05) is 13.8 Å². The van der Waals surface area contributed by atoms with E-state index < -0.39 is 29.6 Å². The van der Waals surface area contributed by atoms with E-state index in [0.29, 0.717) is 24.1 Å². The van der Waals surface area contributed by atoms with Crippen LogP contribution in [0.25, 0.3) is 0 Å². The van der Waals surface area contributed by atoms with E-state index in [4.69, 9.17) is 14.2 Å². The Labute approximate surface area is 152 Å². The molecule has 140 valence electrons. The summed E-state index contributed by atoms with van der Waals surface area (Å²) in [6, 6.07) is 6.31. The largest absolute Gasteiger partial charge is 0.459 e. The van der Waals surface area contributed by atoms with E-state index >= 15 is 0 Å². The molecule has 0 atom stereocenters. The smallest absolute Gasteiger partial charge is 0.338 e. The number of carbonyl (C=O) groups is 3. The minimum absolute atomic E-state index is 0.207. The molecule has 2 rings (SSSR count). The molecule has 1 fully saturated rings. The number of hydrogen-bond acceptors (Lipinski definition) is 7. The lowest BCUT2D eigenvalue weighted by atomic mass is 10.1. The second-order valence-corrected chi connectivity index (χ2v) is 6.22. The summed E-state index contributed by atoms with van der Waals surface area (Å²) in [5.74, 6) is -4.16. The van der Waals surface area contributed by atoms with Crippen LogP contribution in [0.15, 0.2) is 29.3 Å². The van der Waals surface area contributed by atoms with Gasteiger partial charge in [0.25, 0.3) is 5.79 Å². The highest BCUT2D eigenvalue weighted by atomic mass is 16.7. The number of ether oxygens (including phenoxy) is 3. The summed E-state index contributed by atoms with van der Waals surface area (Å²) in [5.41, 5.74) is 0.874. The molecule has 0 amide bonds. The highest BCUT2D eigenvalue weighted by Crippen LogP contribution is 2.29. The Kier molecular flexibility index (Phi) is 6.13. The first-order valence-corrected chi connectivity index (χ1v) is 8.61. The lowest BCUT2D eigenvalue weighted by Crippen LogP contribution is -2.49. The van der Waals surface area contributed by atoms with Crippen molar-refractivity contribution in [2.24, 2.45) is 10.9 Å². The molecule has 0 aliphatic carbocycles. The van der Waals surface area contributed by atoms with Crippen LogP contribution in [0, 0.1) is 5.92 Å². The second kappa shape index (κ2) is 8.12. The van der Waals surface area contributed by atoms with E-state index in [-0.39, 0.29) is 6.10 Å². The van der Waals surface area contributed by atoms with Crippen molar-refractivity contribution >= 4 is 29.8 Å². The van der Waals surface area contributed by atoms with Gasteiger partial charge in [-0.2, -0.15) is 0 Å². The molecule has 0 spiro atoms. The van der Waals surface area contributed by atoms with Gasteiger partial charge in [0.2, 0.25) is 0 Å². The maximum atomic E-state index is 12.1. The maximum Gasteiger partial charge on any atom is 0.338 e. The molecule has 1 saturated heterocycles. The average Bonchev–Trinajstić information content (AvgIpc) is 2.60. The number of hydrogen-bond donors (Lipinski definition) is 0. The third-order valence-corrected chi connectivity index (χ3v) is 3.98. The molecule has 0 N–H and O–H groups in total. The van der Waals surface area contributed by atoms with Crippen LogP contribution in [-0.4, -0.2) is 36.0 Å². The van der Waals surface area contributed by atoms with Gasteiger partial charge in [-0.15, -0.1) is 0 Å². The Balaban J connectivity index is 2.07. The monoisotopic (exact) mass is 361 g/mol. The molecular weight excluding hydrogens is 338 g/mol. The van der Waals surface area contributed by atoms with Crippen molar-refractivity contribution in [3.05, 3.63) is 29.8 Å². The van der Waals surface area contributed by atoms with Gasteiger partial charge in [0.1, 0.15) is 0 Å². The van der Waals surface area contributed by atoms with E-state index in [1.165, 1.54) is 6.21 Å². The summed E-state index contributed by atoms with van der Waals surface area (Å²) in [5, 5.41) is 0. The molecule has 0 unspecified atom stereocenters. The van der Waals surface area contributed by atoms with E-state index in [2.05, 4.69) is 4.99 Å². The van der Waals surface area contributed by atoms with Crippen molar-refractivity contribution in [2.45, 2.75) is 52.4 Å². The molecule has 1 aromatic carbocycles. The van der Waals surface area contributed by atoms with Crippen molar-refractivity contribution in [3.63, 3.8) is 0 Å². The second-order valence-electron chi connectivity index (χ2n) is 6.22. The number of esters is 3. The maximum absolute atomic E-state index is 12.1. The number of benzene rings is 1. The zero-order chi connectivity index (χ0) is 19.3. The van der Waals surface area contributed by atoms with E-state index in [9.17, 15) is 14.4 Å². The quantitative estimate of drug-likeness (QED) is 0.439. The van der Waals surface area contributed by atoms with Crippen LogP contribution in [0.4, 0.5) is 5.69 Å². The minimum Gasteiger partial charge on any atom is -0.459 e. The number of rotatable bonds is 6. The summed E-state index contributed by atoms with van der Waals surface area (Å²) in [6.07, 6.45) is 1.76. The fourth-order valence-electron chi connectivity index (χ4n) is 2.40. The zero-order valence-electron chi connectivity index (χ0n) is 15.4. The Bertz CT molecular complexity index is 683. The molecule has 0 saturated carbocycles. The number of carbonyl (C=O) groups excluding carboxylic acids is 3. The molecule has 1 aromatic rings. The molecule has 1 aliphatic rings. The van der Waals surface area contributed by atoms with Crippen molar-refractivity contribution in [1.29, 1.82) is 0 Å². The van der Waals surface area contributed by atoms with Gasteiger partial charge in [-0.3, -0.25) is 14.6 Å². The van der Waals surface area contributed by atoms with Crippen molar-refractivity contribution in [2.75, 3.05) is 0 Å². The lowest BCUT2D eigenvalue weighted by molar-refractivity contribution is -0.250. The van der Waals surface area contributed by atoms with Gasteiger partial charge in [-0.25, -0.2) is 4.79 Å². The zero-order valence-corrected chi connectivity index (χ0v) is 15.4. The summed E-state index contributed by atoms with van der Waals surface area (Å²) in [4.78, 5) is 40.2. The van der Waals surface area contributed by atoms with Crippen molar-refractivity contribution in [3.8, 4) is 0 Å². The Morgan fingerprint density at radius 2 is 1.69 bits per heavy atom. The van der Waals surface area contributed by atoms with Crippen molar-refractivity contribution < 1.29 is 28.6 Å². The molecule has 7 heteroatoms. The molecule has 1 aliphatic heterocycles. The van der Waals surface area contributed by atoms with Crippen LogP contribution in [0.3, 0.4) is 0 Å². The van der Waals surface area contributed by atoms with Gasteiger partial charge >= 0.3 is 17.9 Å². The standard InChI is InChI=1S/C19H23NO6/c1-5-19(6-2)25-17(22)15(18(23)26-19)11-20-14-9-7-13(8-10-14)16(21)24-12(3)4/h7-12,15H,5-6H2,1-4H3. The van der Waals surface area contributed by atoms with Gasteiger partial charge in [0.05, 0.1) is 17.4 Å². The fourth-order valence-corrected chi connectivity index (χ4v) is 2.40. The predicted octanol–water partition coefficient (Wildman–Crippen LogP) is 3.19. The molecule has 0 bridgehead atoms. The third-order valence-electron chi connectivity index (χ3n) is 3.98. The molecule has 26 heavy (non-hydrogen) atoms. The lowest BCUT2D eigenvalue weighted by Gasteiger charge is -2.36. The average molecular weight is 361 g/mol. The third kappa shape index (κ3) is 4.47. The van der Waals surface area contributed by atoms with Crippen LogP contribution >= 0.6 is 0 Å². The highest BCUT2D eigenvalue weighted by Gasteiger charge is 2.46. The number of nitrogens with zero attached hydrogens (tertiary/aromatic N) is 1. The summed E-state index contributed by atoms with van der Waals surface area (Å²) in [7, 11) is 0. The van der Waals surface area contributed by atoms with E-state index in [1.807, 2.05) is 0 Å². The SMILES string of the molecule is CCC1(CC)OC(=O)C(C=Nc2ccc(C(=O)OC(C)C)cc2)C(=O)O1. The predicted molar refractivity (Wildman–Crippen MR) is 94.1 cm³/mol. The van der Waals surface area contributed by atoms with E-state index in [0.717, 1.165) is 0 Å². The van der Waals surface area contributed by atoms with Crippen molar-refractivity contribution in [1.82, 2.24) is 0 Å². The first-order valence-electron chi connectivity index (χ1n) is 8.61. The van der Waals surface area contributed by atoms with Gasteiger partial charge in [-0.05, 0) is 38.1 Å². The van der Waals surface area contributed by atoms with Crippen LogP contribution in [0.1, 0.15) is 50.9 Å². The minimum atomic E-state index is -1.20. The molecule has 0 aromatic heterocycles. The number of cyclic esters (lactones) is 2. The molecule has 1 heterocycles. The highest BCUT2D eigenvalue weighted by molar-refractivity contribution is 6.10. The fraction of sp³-hybridized carbons (Fsp3) is 0.474. The number of aliphatic imine (C=N–C) groups is 1. The Morgan fingerprint density at radius 3 is 2.15 bits per heavy atom. The molecule has 0 radical (unpaired) electrons. The van der Waals surface area contributed by atoms with E-state index in [1.54, 1.807) is 52.0 Å². The van der Waals surface area contributed by atoms with Gasteiger partial charge in [0, 0.05) is 19.1 Å². The van der Waals surface area contributed by atoms with Gasteiger partial charge in [0.15, 0.2) is 5.92 Å². The normalized spacial score (nSPS) is 17.3. The first kappa shape index (κ1) is 19.6. The van der Waals surface area contributed by atoms with Gasteiger partial charge < -0.3 is 14.2 Å². The topological polar surface area (TPSA) is 91.3 Å². The van der Waals surface area contributed by atoms with Crippen LogP contribution in [-0.2, 0) is 23.8 Å². The first-order chi connectivity index (χ1) is 12.3. The molecule has 7 nitrogen and oxygen atoms in total. The summed E-state index contributed by atoms with van der Waals surface area (Å²) in [6.45, 7) is 7.10. The van der Waals surface area contributed by atoms with Crippen LogP contribution in [0.2, 0.25) is 0 Å². The summed E-state index contributed by atoms with van der Waals surface area (Å²) < 4.78 is 15.7. The summed E-state index contributed by atoms with van der Waals surface area (Å²) >= 11 is 0. The van der Waals surface area contributed by atoms with Crippen LogP contribution in [0.5, 0.6) is 0 Å². The Morgan fingerprint density at radius 1 is 1.15 bits per heavy atom. The van der Waals surface area contributed by atoms with Crippen LogP contribution < -0.4 is 0 Å².